The third kappa shape index (κ3) is 3.46. The van der Waals surface area contributed by atoms with Crippen molar-refractivity contribution in [1.82, 2.24) is 0 Å². The molecule has 0 bridgehead atoms. The average Bonchev–Trinajstić information content (AvgIpc) is 2.65. The number of hydrogen-bond acceptors (Lipinski definition) is 3. The molecule has 0 saturated heterocycles. The van der Waals surface area contributed by atoms with Gasteiger partial charge < -0.3 is 9.47 Å². The van der Waals surface area contributed by atoms with E-state index in [1.54, 1.807) is 26.4 Å². The Morgan fingerprint density at radius 3 is 2.12 bits per heavy atom. The molecule has 3 nitrogen and oxygen atoms in total. The van der Waals surface area contributed by atoms with E-state index in [1.807, 2.05) is 60.7 Å². The second-order valence-corrected chi connectivity index (χ2v) is 5.40. The summed E-state index contributed by atoms with van der Waals surface area (Å²) in [4.78, 5) is 12.4. The van der Waals surface area contributed by atoms with Crippen LogP contribution in [0.3, 0.4) is 0 Å². The summed E-state index contributed by atoms with van der Waals surface area (Å²) < 4.78 is 10.3. The number of carbonyl (C=O) groups excluding carboxylic acids is 1. The van der Waals surface area contributed by atoms with E-state index in [0.29, 0.717) is 5.56 Å². The lowest BCUT2D eigenvalue weighted by Gasteiger charge is -2.04. The van der Waals surface area contributed by atoms with Gasteiger partial charge in [-0.15, -0.1) is 0 Å². The van der Waals surface area contributed by atoms with Gasteiger partial charge in [0.1, 0.15) is 11.5 Å². The van der Waals surface area contributed by atoms with Crippen LogP contribution >= 0.6 is 0 Å². The summed E-state index contributed by atoms with van der Waals surface area (Å²) in [7, 11) is 3.27. The fourth-order valence-corrected chi connectivity index (χ4v) is 2.49. The summed E-state index contributed by atoms with van der Waals surface area (Å²) >= 11 is 0. The predicted molar refractivity (Wildman–Crippen MR) is 96.9 cm³/mol. The van der Waals surface area contributed by atoms with Crippen molar-refractivity contribution in [1.29, 1.82) is 0 Å². The smallest absolute Gasteiger partial charge is 0.185 e. The van der Waals surface area contributed by atoms with Gasteiger partial charge in [-0.05, 0) is 52.7 Å². The van der Waals surface area contributed by atoms with Crippen LogP contribution in [0.1, 0.15) is 15.9 Å². The van der Waals surface area contributed by atoms with Gasteiger partial charge >= 0.3 is 0 Å². The quantitative estimate of drug-likeness (QED) is 0.503. The zero-order chi connectivity index (χ0) is 16.9. The maximum Gasteiger partial charge on any atom is 0.185 e. The summed E-state index contributed by atoms with van der Waals surface area (Å²) in [5.41, 5.74) is 1.62. The first-order chi connectivity index (χ1) is 11.7. The predicted octanol–water partition coefficient (Wildman–Crippen LogP) is 4.75. The highest BCUT2D eigenvalue weighted by Gasteiger charge is 2.04. The molecule has 0 aliphatic carbocycles. The highest BCUT2D eigenvalue weighted by Crippen LogP contribution is 2.22. The molecule has 3 aromatic carbocycles. The third-order valence-corrected chi connectivity index (χ3v) is 3.87. The number of benzene rings is 3. The number of fused-ring (bicyclic) bond motifs is 1. The molecule has 0 saturated carbocycles. The van der Waals surface area contributed by atoms with E-state index in [1.165, 1.54) is 0 Å². The SMILES string of the molecule is COc1ccc(C=CC(=O)c2ccc3cc(OC)ccc3c2)cc1. The Morgan fingerprint density at radius 2 is 1.42 bits per heavy atom. The van der Waals surface area contributed by atoms with Gasteiger partial charge in [-0.3, -0.25) is 4.79 Å². The molecule has 0 spiro atoms. The molecule has 0 atom stereocenters. The molecule has 0 aliphatic rings. The molecule has 0 unspecified atom stereocenters. The molecule has 0 aliphatic heterocycles. The van der Waals surface area contributed by atoms with Gasteiger partial charge in [0.25, 0.3) is 0 Å². The third-order valence-electron chi connectivity index (χ3n) is 3.87. The van der Waals surface area contributed by atoms with Gasteiger partial charge in [0.15, 0.2) is 5.78 Å². The van der Waals surface area contributed by atoms with Crippen LogP contribution < -0.4 is 9.47 Å². The minimum absolute atomic E-state index is 0.0245. The molecule has 0 heterocycles. The van der Waals surface area contributed by atoms with E-state index in [0.717, 1.165) is 27.8 Å². The zero-order valence-electron chi connectivity index (χ0n) is 13.7. The molecule has 0 N–H and O–H groups in total. The normalized spacial score (nSPS) is 10.9. The molecule has 0 aromatic heterocycles. The first-order valence-electron chi connectivity index (χ1n) is 7.64. The fraction of sp³-hybridized carbons (Fsp3) is 0.0952. The maximum atomic E-state index is 12.4. The number of ether oxygens (including phenoxy) is 2. The minimum Gasteiger partial charge on any atom is -0.497 e. The van der Waals surface area contributed by atoms with Crippen molar-refractivity contribution in [3.8, 4) is 11.5 Å². The Morgan fingerprint density at radius 1 is 0.792 bits per heavy atom. The minimum atomic E-state index is -0.0245. The lowest BCUT2D eigenvalue weighted by Crippen LogP contribution is -1.94. The summed E-state index contributed by atoms with van der Waals surface area (Å²) in [6, 6.07) is 19.0. The summed E-state index contributed by atoms with van der Waals surface area (Å²) in [5, 5.41) is 2.06. The van der Waals surface area contributed by atoms with Gasteiger partial charge in [0.05, 0.1) is 14.2 Å². The van der Waals surface area contributed by atoms with Crippen molar-refractivity contribution in [3.63, 3.8) is 0 Å². The van der Waals surface area contributed by atoms with Crippen LogP contribution in [0.25, 0.3) is 16.8 Å². The van der Waals surface area contributed by atoms with E-state index in [9.17, 15) is 4.79 Å². The zero-order valence-corrected chi connectivity index (χ0v) is 13.7. The highest BCUT2D eigenvalue weighted by molar-refractivity contribution is 6.08. The Kier molecular flexibility index (Phi) is 4.62. The van der Waals surface area contributed by atoms with Crippen LogP contribution in [0.2, 0.25) is 0 Å². The maximum absolute atomic E-state index is 12.4. The van der Waals surface area contributed by atoms with Gasteiger partial charge in [-0.1, -0.05) is 36.4 Å². The largest absolute Gasteiger partial charge is 0.497 e. The Balaban J connectivity index is 1.81. The van der Waals surface area contributed by atoms with E-state index in [4.69, 9.17) is 9.47 Å². The Labute approximate surface area is 141 Å². The van der Waals surface area contributed by atoms with Crippen LogP contribution in [0.15, 0.2) is 66.7 Å². The van der Waals surface area contributed by atoms with Crippen molar-refractivity contribution >= 4 is 22.6 Å². The molecular weight excluding hydrogens is 300 g/mol. The molecule has 24 heavy (non-hydrogen) atoms. The topological polar surface area (TPSA) is 35.5 Å². The molecular formula is C21H18O3. The van der Waals surface area contributed by atoms with E-state index < -0.39 is 0 Å². The van der Waals surface area contributed by atoms with Crippen molar-refractivity contribution < 1.29 is 14.3 Å². The number of hydrogen-bond donors (Lipinski definition) is 0. The average molecular weight is 318 g/mol. The molecule has 120 valence electrons. The lowest BCUT2D eigenvalue weighted by atomic mass is 10.0. The van der Waals surface area contributed by atoms with Crippen LogP contribution in [0, 0.1) is 0 Å². The monoisotopic (exact) mass is 318 g/mol. The molecule has 0 amide bonds. The van der Waals surface area contributed by atoms with Gasteiger partial charge in [0, 0.05) is 5.56 Å². The first kappa shape index (κ1) is 15.8. The molecule has 3 heteroatoms. The second-order valence-electron chi connectivity index (χ2n) is 5.40. The standard InChI is InChI=1S/C21H18O3/c1-23-19-9-3-15(4-10-19)5-12-21(22)18-7-6-17-14-20(24-2)11-8-16(17)13-18/h3-14H,1-2H3. The van der Waals surface area contributed by atoms with Crippen LogP contribution in [-0.4, -0.2) is 20.0 Å². The summed E-state index contributed by atoms with van der Waals surface area (Å²) in [6.07, 6.45) is 3.40. The van der Waals surface area contributed by atoms with Crippen molar-refractivity contribution in [3.05, 3.63) is 77.9 Å². The van der Waals surface area contributed by atoms with Crippen molar-refractivity contribution in [2.24, 2.45) is 0 Å². The number of carbonyl (C=O) groups is 1. The Bertz CT molecular complexity index is 893. The Hall–Kier alpha value is -3.07. The van der Waals surface area contributed by atoms with E-state index >= 15 is 0 Å². The highest BCUT2D eigenvalue weighted by atomic mass is 16.5. The number of ketones is 1. The second kappa shape index (κ2) is 7.01. The van der Waals surface area contributed by atoms with Gasteiger partial charge in [0.2, 0.25) is 0 Å². The van der Waals surface area contributed by atoms with E-state index in [2.05, 4.69) is 0 Å². The molecule has 0 fully saturated rings. The van der Waals surface area contributed by atoms with Crippen LogP contribution in [-0.2, 0) is 0 Å². The molecule has 0 radical (unpaired) electrons. The van der Waals surface area contributed by atoms with Crippen LogP contribution in [0.4, 0.5) is 0 Å². The number of rotatable bonds is 5. The first-order valence-corrected chi connectivity index (χ1v) is 7.64. The number of allylic oxidation sites excluding steroid dienone is 1. The van der Waals surface area contributed by atoms with Gasteiger partial charge in [-0.2, -0.15) is 0 Å². The summed E-state index contributed by atoms with van der Waals surface area (Å²) in [5.74, 6) is 1.58. The van der Waals surface area contributed by atoms with Crippen LogP contribution in [0.5, 0.6) is 11.5 Å². The molecule has 3 aromatic rings. The summed E-state index contributed by atoms with van der Waals surface area (Å²) in [6.45, 7) is 0. The number of methoxy groups -OCH3 is 2. The van der Waals surface area contributed by atoms with Crippen molar-refractivity contribution in [2.45, 2.75) is 0 Å². The van der Waals surface area contributed by atoms with Crippen molar-refractivity contribution in [2.75, 3.05) is 14.2 Å². The van der Waals surface area contributed by atoms with Gasteiger partial charge in [-0.25, -0.2) is 0 Å². The lowest BCUT2D eigenvalue weighted by molar-refractivity contribution is 0.104. The molecule has 3 rings (SSSR count). The fourth-order valence-electron chi connectivity index (χ4n) is 2.49. The van der Waals surface area contributed by atoms with E-state index in [-0.39, 0.29) is 5.78 Å².